The number of carboxylic acids is 1. The number of benzene rings is 1. The lowest BCUT2D eigenvalue weighted by Gasteiger charge is -2.36. The molecule has 3 rings (SSSR count). The smallest absolute Gasteiger partial charge is 0.308 e. The van der Waals surface area contributed by atoms with E-state index in [1.807, 2.05) is 6.92 Å². The molecule has 1 N–H and O–H groups in total. The summed E-state index contributed by atoms with van der Waals surface area (Å²) in [6.07, 6.45) is 2.24. The Kier molecular flexibility index (Phi) is 5.86. The van der Waals surface area contributed by atoms with Crippen LogP contribution in [0.4, 0.5) is 0 Å². The van der Waals surface area contributed by atoms with Gasteiger partial charge >= 0.3 is 5.97 Å². The van der Waals surface area contributed by atoms with Gasteiger partial charge in [0.25, 0.3) is 0 Å². The van der Waals surface area contributed by atoms with Gasteiger partial charge < -0.3 is 10.0 Å². The first-order valence-electron chi connectivity index (χ1n) is 9.37. The average molecular weight is 394 g/mol. The molecule has 0 spiro atoms. The maximum Gasteiger partial charge on any atom is 0.308 e. The summed E-state index contributed by atoms with van der Waals surface area (Å²) >= 11 is 0. The second-order valence-electron chi connectivity index (χ2n) is 7.45. The number of carbonyl (C=O) groups excluding carboxylic acids is 1. The number of likely N-dealkylation sites (tertiary alicyclic amines) is 1. The van der Waals surface area contributed by atoms with E-state index in [1.54, 1.807) is 29.2 Å². The zero-order chi connectivity index (χ0) is 19.6. The van der Waals surface area contributed by atoms with Gasteiger partial charge in [0.2, 0.25) is 15.9 Å². The number of hydrogen-bond donors (Lipinski definition) is 1. The Morgan fingerprint density at radius 2 is 1.63 bits per heavy atom. The van der Waals surface area contributed by atoms with Gasteiger partial charge in [0.15, 0.2) is 0 Å². The van der Waals surface area contributed by atoms with Gasteiger partial charge in [0.05, 0.1) is 10.8 Å². The molecule has 2 fully saturated rings. The van der Waals surface area contributed by atoms with Gasteiger partial charge in [-0.15, -0.1) is 0 Å². The van der Waals surface area contributed by atoms with Crippen molar-refractivity contribution in [3.05, 3.63) is 29.8 Å². The number of hydrogen-bond acceptors (Lipinski definition) is 4. The molecule has 27 heavy (non-hydrogen) atoms. The third-order valence-corrected chi connectivity index (χ3v) is 7.46. The number of amides is 1. The standard InChI is InChI=1S/C19H26N2O5S/c1-14-4-6-17(7-5-14)27(25,26)21-11-8-15(9-12-21)18(22)20-10-2-3-16(13-20)19(23)24/h4-7,15-16H,2-3,8-13H2,1H3,(H,23,24)/t16-/m0/s1. The van der Waals surface area contributed by atoms with Crippen molar-refractivity contribution in [2.24, 2.45) is 11.8 Å². The summed E-state index contributed by atoms with van der Waals surface area (Å²) in [5, 5.41) is 9.19. The highest BCUT2D eigenvalue weighted by Crippen LogP contribution is 2.27. The van der Waals surface area contributed by atoms with Crippen LogP contribution < -0.4 is 0 Å². The maximum atomic E-state index is 12.8. The molecule has 0 saturated carbocycles. The summed E-state index contributed by atoms with van der Waals surface area (Å²) in [5.41, 5.74) is 0.999. The molecule has 2 heterocycles. The number of carboxylic acid groups (broad SMARTS) is 1. The first-order valence-corrected chi connectivity index (χ1v) is 10.8. The molecule has 0 radical (unpaired) electrons. The molecule has 148 valence electrons. The Morgan fingerprint density at radius 1 is 1.00 bits per heavy atom. The van der Waals surface area contributed by atoms with E-state index in [0.717, 1.165) is 5.56 Å². The van der Waals surface area contributed by atoms with E-state index in [1.165, 1.54) is 4.31 Å². The molecule has 0 aromatic heterocycles. The minimum absolute atomic E-state index is 0.0340. The lowest BCUT2D eigenvalue weighted by atomic mass is 9.93. The van der Waals surface area contributed by atoms with Crippen LogP contribution in [0.5, 0.6) is 0 Å². The van der Waals surface area contributed by atoms with E-state index >= 15 is 0 Å². The number of piperidine rings is 2. The van der Waals surface area contributed by atoms with Crippen molar-refractivity contribution in [2.75, 3.05) is 26.2 Å². The van der Waals surface area contributed by atoms with E-state index in [2.05, 4.69) is 0 Å². The van der Waals surface area contributed by atoms with E-state index in [0.29, 0.717) is 45.3 Å². The lowest BCUT2D eigenvalue weighted by Crippen LogP contribution is -2.48. The van der Waals surface area contributed by atoms with Gasteiger partial charge in [-0.3, -0.25) is 9.59 Å². The highest BCUT2D eigenvalue weighted by atomic mass is 32.2. The number of rotatable bonds is 4. The van der Waals surface area contributed by atoms with Crippen molar-refractivity contribution in [2.45, 2.75) is 37.5 Å². The van der Waals surface area contributed by atoms with Crippen LogP contribution in [0.1, 0.15) is 31.2 Å². The third-order valence-electron chi connectivity index (χ3n) is 5.54. The summed E-state index contributed by atoms with van der Waals surface area (Å²) in [7, 11) is -3.54. The second-order valence-corrected chi connectivity index (χ2v) is 9.39. The summed E-state index contributed by atoms with van der Waals surface area (Å²) in [6.45, 7) is 3.37. The largest absolute Gasteiger partial charge is 0.481 e. The van der Waals surface area contributed by atoms with Crippen LogP contribution in [0, 0.1) is 18.8 Å². The van der Waals surface area contributed by atoms with Gasteiger partial charge in [-0.2, -0.15) is 4.31 Å². The van der Waals surface area contributed by atoms with Crippen LogP contribution in [0.25, 0.3) is 0 Å². The highest BCUT2D eigenvalue weighted by Gasteiger charge is 2.36. The van der Waals surface area contributed by atoms with E-state index in [-0.39, 0.29) is 23.3 Å². The Morgan fingerprint density at radius 3 is 2.22 bits per heavy atom. The predicted octanol–water partition coefficient (Wildman–Crippen LogP) is 1.72. The van der Waals surface area contributed by atoms with E-state index < -0.39 is 21.9 Å². The topological polar surface area (TPSA) is 95.0 Å². The maximum absolute atomic E-state index is 12.8. The van der Waals surface area contributed by atoms with Gasteiger partial charge in [-0.1, -0.05) is 17.7 Å². The molecule has 2 saturated heterocycles. The summed E-state index contributed by atoms with van der Waals surface area (Å²) in [6, 6.07) is 6.78. The first kappa shape index (κ1) is 19.8. The number of sulfonamides is 1. The number of nitrogens with zero attached hydrogens (tertiary/aromatic N) is 2. The van der Waals surface area contributed by atoms with Gasteiger partial charge in [0.1, 0.15) is 0 Å². The van der Waals surface area contributed by atoms with Crippen molar-refractivity contribution in [3.8, 4) is 0 Å². The van der Waals surface area contributed by atoms with Crippen LogP contribution in [-0.2, 0) is 19.6 Å². The Bertz CT molecular complexity index is 798. The minimum Gasteiger partial charge on any atom is -0.481 e. The molecule has 0 unspecified atom stereocenters. The zero-order valence-corrected chi connectivity index (χ0v) is 16.3. The van der Waals surface area contributed by atoms with E-state index in [4.69, 9.17) is 0 Å². The Labute approximate surface area is 160 Å². The third kappa shape index (κ3) is 4.32. The first-order chi connectivity index (χ1) is 12.8. The zero-order valence-electron chi connectivity index (χ0n) is 15.5. The average Bonchev–Trinajstić information content (AvgIpc) is 2.68. The summed E-state index contributed by atoms with van der Waals surface area (Å²) in [4.78, 5) is 25.9. The monoisotopic (exact) mass is 394 g/mol. The molecular weight excluding hydrogens is 368 g/mol. The van der Waals surface area contributed by atoms with Crippen molar-refractivity contribution in [1.29, 1.82) is 0 Å². The molecular formula is C19H26N2O5S. The lowest BCUT2D eigenvalue weighted by molar-refractivity contribution is -0.147. The van der Waals surface area contributed by atoms with Crippen LogP contribution in [0.15, 0.2) is 29.2 Å². The van der Waals surface area contributed by atoms with Crippen molar-refractivity contribution < 1.29 is 23.1 Å². The molecule has 7 nitrogen and oxygen atoms in total. The molecule has 2 aliphatic heterocycles. The van der Waals surface area contributed by atoms with Gasteiger partial charge in [0, 0.05) is 32.1 Å². The second kappa shape index (κ2) is 7.98. The molecule has 1 aromatic carbocycles. The van der Waals surface area contributed by atoms with Crippen molar-refractivity contribution in [3.63, 3.8) is 0 Å². The molecule has 1 amide bonds. The van der Waals surface area contributed by atoms with Crippen LogP contribution in [0.2, 0.25) is 0 Å². The Hall–Kier alpha value is -1.93. The van der Waals surface area contributed by atoms with Gasteiger partial charge in [-0.05, 0) is 44.7 Å². The van der Waals surface area contributed by atoms with Crippen LogP contribution in [0.3, 0.4) is 0 Å². The molecule has 1 aromatic rings. The fourth-order valence-electron chi connectivity index (χ4n) is 3.84. The van der Waals surface area contributed by atoms with Crippen molar-refractivity contribution >= 4 is 21.9 Å². The van der Waals surface area contributed by atoms with Gasteiger partial charge in [-0.25, -0.2) is 8.42 Å². The molecule has 0 aliphatic carbocycles. The summed E-state index contributed by atoms with van der Waals surface area (Å²) in [5.74, 6) is -1.62. The number of aliphatic carboxylic acids is 1. The normalized spacial score (nSPS) is 22.6. The van der Waals surface area contributed by atoms with E-state index in [9.17, 15) is 23.1 Å². The van der Waals surface area contributed by atoms with Crippen LogP contribution in [-0.4, -0.2) is 60.8 Å². The summed E-state index contributed by atoms with van der Waals surface area (Å²) < 4.78 is 27.0. The Balaban J connectivity index is 1.60. The fourth-order valence-corrected chi connectivity index (χ4v) is 5.31. The molecule has 8 heteroatoms. The van der Waals surface area contributed by atoms with Crippen LogP contribution >= 0.6 is 0 Å². The molecule has 2 aliphatic rings. The molecule has 0 bridgehead atoms. The SMILES string of the molecule is Cc1ccc(S(=O)(=O)N2CCC(C(=O)N3CCC[C@H](C(=O)O)C3)CC2)cc1. The highest BCUT2D eigenvalue weighted by molar-refractivity contribution is 7.89. The van der Waals surface area contributed by atoms with Crippen molar-refractivity contribution in [1.82, 2.24) is 9.21 Å². The number of carbonyl (C=O) groups is 2. The minimum atomic E-state index is -3.54. The predicted molar refractivity (Wildman–Crippen MR) is 99.6 cm³/mol. The quantitative estimate of drug-likeness (QED) is 0.839. The fraction of sp³-hybridized carbons (Fsp3) is 0.579. The molecule has 1 atom stereocenters. The number of aryl methyl sites for hydroxylation is 1.